The molecule has 0 spiro atoms. The minimum atomic E-state index is 0.0920. The average Bonchev–Trinajstić information content (AvgIpc) is 2.29. The second kappa shape index (κ2) is 7.07. The van der Waals surface area contributed by atoms with Crippen molar-refractivity contribution in [3.63, 3.8) is 0 Å². The second-order valence-electron chi connectivity index (χ2n) is 4.60. The van der Waals surface area contributed by atoms with Crippen molar-refractivity contribution < 1.29 is 4.79 Å². The van der Waals surface area contributed by atoms with Crippen molar-refractivity contribution in [3.05, 3.63) is 35.4 Å². The number of rotatable bonds is 6. The molecule has 1 atom stereocenters. The number of aryl methyl sites for hydroxylation is 1. The molecule has 3 heteroatoms. The lowest BCUT2D eigenvalue weighted by molar-refractivity contribution is -0.121. The van der Waals surface area contributed by atoms with E-state index in [4.69, 9.17) is 5.73 Å². The molecular formula is C14H22N2O. The lowest BCUT2D eigenvalue weighted by Gasteiger charge is -2.07. The van der Waals surface area contributed by atoms with Gasteiger partial charge in [0.15, 0.2) is 0 Å². The summed E-state index contributed by atoms with van der Waals surface area (Å²) >= 11 is 0. The van der Waals surface area contributed by atoms with Gasteiger partial charge in [-0.15, -0.1) is 0 Å². The van der Waals surface area contributed by atoms with E-state index in [-0.39, 0.29) is 11.9 Å². The molecule has 94 valence electrons. The number of nitrogens with two attached hydrogens (primary N) is 1. The first-order valence-corrected chi connectivity index (χ1v) is 6.16. The van der Waals surface area contributed by atoms with Gasteiger partial charge in [0.2, 0.25) is 5.91 Å². The van der Waals surface area contributed by atoms with E-state index in [0.29, 0.717) is 13.0 Å². The fraction of sp³-hybridized carbons (Fsp3) is 0.500. The molecule has 1 aromatic rings. The Labute approximate surface area is 103 Å². The van der Waals surface area contributed by atoms with Crippen LogP contribution in [0.1, 0.15) is 30.9 Å². The van der Waals surface area contributed by atoms with Crippen molar-refractivity contribution in [2.24, 2.45) is 5.73 Å². The molecule has 0 aromatic heterocycles. The van der Waals surface area contributed by atoms with Gasteiger partial charge in [0, 0.05) is 19.0 Å². The predicted octanol–water partition coefficient (Wildman–Crippen LogP) is 1.78. The van der Waals surface area contributed by atoms with Crippen LogP contribution in [0.15, 0.2) is 24.3 Å². The maximum absolute atomic E-state index is 11.4. The van der Waals surface area contributed by atoms with E-state index in [2.05, 4.69) is 36.5 Å². The molecule has 17 heavy (non-hydrogen) atoms. The topological polar surface area (TPSA) is 55.1 Å². The van der Waals surface area contributed by atoms with Crippen LogP contribution in [-0.4, -0.2) is 18.5 Å². The van der Waals surface area contributed by atoms with Gasteiger partial charge in [0.05, 0.1) is 0 Å². The van der Waals surface area contributed by atoms with Crippen molar-refractivity contribution >= 4 is 5.91 Å². The van der Waals surface area contributed by atoms with Crippen LogP contribution in [0.3, 0.4) is 0 Å². The summed E-state index contributed by atoms with van der Waals surface area (Å²) in [5, 5.41) is 2.91. The van der Waals surface area contributed by atoms with Gasteiger partial charge >= 0.3 is 0 Å². The summed E-state index contributed by atoms with van der Waals surface area (Å²) in [7, 11) is 0. The largest absolute Gasteiger partial charge is 0.356 e. The van der Waals surface area contributed by atoms with Crippen LogP contribution in [0.5, 0.6) is 0 Å². The van der Waals surface area contributed by atoms with Crippen LogP contribution in [0.25, 0.3) is 0 Å². The maximum Gasteiger partial charge on any atom is 0.220 e. The van der Waals surface area contributed by atoms with Crippen LogP contribution < -0.4 is 11.1 Å². The smallest absolute Gasteiger partial charge is 0.220 e. The van der Waals surface area contributed by atoms with E-state index >= 15 is 0 Å². The van der Waals surface area contributed by atoms with Gasteiger partial charge in [-0.1, -0.05) is 29.8 Å². The number of hydrogen-bond acceptors (Lipinski definition) is 2. The molecule has 1 rings (SSSR count). The Bertz CT molecular complexity index is 344. The van der Waals surface area contributed by atoms with E-state index < -0.39 is 0 Å². The minimum Gasteiger partial charge on any atom is -0.356 e. The summed E-state index contributed by atoms with van der Waals surface area (Å²) in [4.78, 5) is 11.4. The number of carbonyl (C=O) groups is 1. The molecule has 0 aliphatic rings. The molecule has 0 aliphatic carbocycles. The lowest BCUT2D eigenvalue weighted by Crippen LogP contribution is -2.27. The zero-order chi connectivity index (χ0) is 12.7. The molecule has 3 N–H and O–H groups in total. The summed E-state index contributed by atoms with van der Waals surface area (Å²) in [6.07, 6.45) is 2.14. The first-order valence-electron chi connectivity index (χ1n) is 6.16. The second-order valence-corrected chi connectivity index (χ2v) is 4.60. The average molecular weight is 234 g/mol. The SMILES string of the molecule is Cc1ccc(CCNC(=O)CCC(C)N)cc1. The zero-order valence-electron chi connectivity index (χ0n) is 10.7. The molecule has 0 saturated heterocycles. The van der Waals surface area contributed by atoms with Crippen molar-refractivity contribution in [1.29, 1.82) is 0 Å². The standard InChI is InChI=1S/C14H22N2O/c1-11-3-6-13(7-4-11)9-10-16-14(17)8-5-12(2)15/h3-4,6-7,12H,5,8-10,15H2,1-2H3,(H,16,17). The first-order chi connectivity index (χ1) is 8.08. The Hall–Kier alpha value is -1.35. The lowest BCUT2D eigenvalue weighted by atomic mass is 10.1. The van der Waals surface area contributed by atoms with Crippen molar-refractivity contribution in [2.75, 3.05) is 6.54 Å². The van der Waals surface area contributed by atoms with E-state index in [1.807, 2.05) is 6.92 Å². The molecular weight excluding hydrogens is 212 g/mol. The van der Waals surface area contributed by atoms with E-state index in [0.717, 1.165) is 12.8 Å². The summed E-state index contributed by atoms with van der Waals surface area (Å²) in [5.74, 6) is 0.0920. The third-order valence-electron chi connectivity index (χ3n) is 2.68. The highest BCUT2D eigenvalue weighted by Crippen LogP contribution is 2.03. The highest BCUT2D eigenvalue weighted by Gasteiger charge is 2.02. The van der Waals surface area contributed by atoms with Gasteiger partial charge in [-0.2, -0.15) is 0 Å². The monoisotopic (exact) mass is 234 g/mol. The summed E-state index contributed by atoms with van der Waals surface area (Å²) in [6.45, 7) is 4.68. The van der Waals surface area contributed by atoms with Gasteiger partial charge in [-0.25, -0.2) is 0 Å². The van der Waals surface area contributed by atoms with Gasteiger partial charge < -0.3 is 11.1 Å². The van der Waals surface area contributed by atoms with E-state index in [1.165, 1.54) is 11.1 Å². The van der Waals surface area contributed by atoms with Crippen LogP contribution in [0.2, 0.25) is 0 Å². The van der Waals surface area contributed by atoms with Gasteiger partial charge in [-0.05, 0) is 32.3 Å². The summed E-state index contributed by atoms with van der Waals surface area (Å²) < 4.78 is 0. The molecule has 1 aromatic carbocycles. The molecule has 0 saturated carbocycles. The van der Waals surface area contributed by atoms with E-state index in [9.17, 15) is 4.79 Å². The van der Waals surface area contributed by atoms with Crippen LogP contribution >= 0.6 is 0 Å². The zero-order valence-corrected chi connectivity index (χ0v) is 10.7. The van der Waals surface area contributed by atoms with Gasteiger partial charge in [0.1, 0.15) is 0 Å². The first kappa shape index (κ1) is 13.7. The minimum absolute atomic E-state index is 0.0920. The molecule has 0 radical (unpaired) electrons. The number of nitrogens with one attached hydrogen (secondary N) is 1. The normalized spacial score (nSPS) is 12.2. The quantitative estimate of drug-likeness (QED) is 0.788. The molecule has 0 heterocycles. The van der Waals surface area contributed by atoms with Crippen molar-refractivity contribution in [2.45, 2.75) is 39.2 Å². The third-order valence-corrected chi connectivity index (χ3v) is 2.68. The highest BCUT2D eigenvalue weighted by molar-refractivity contribution is 5.75. The predicted molar refractivity (Wildman–Crippen MR) is 70.8 cm³/mol. The number of carbonyl (C=O) groups excluding carboxylic acids is 1. The van der Waals surface area contributed by atoms with Gasteiger partial charge in [-0.3, -0.25) is 4.79 Å². The Morgan fingerprint density at radius 2 is 2.00 bits per heavy atom. The Morgan fingerprint density at radius 3 is 2.59 bits per heavy atom. The number of amides is 1. The fourth-order valence-electron chi connectivity index (χ4n) is 1.55. The molecule has 0 aliphatic heterocycles. The maximum atomic E-state index is 11.4. The molecule has 0 bridgehead atoms. The van der Waals surface area contributed by atoms with Crippen molar-refractivity contribution in [1.82, 2.24) is 5.32 Å². The molecule has 0 fully saturated rings. The Morgan fingerprint density at radius 1 is 1.35 bits per heavy atom. The Kier molecular flexibility index (Phi) is 5.70. The number of hydrogen-bond donors (Lipinski definition) is 2. The molecule has 1 unspecified atom stereocenters. The number of benzene rings is 1. The van der Waals surface area contributed by atoms with Crippen LogP contribution in [0, 0.1) is 6.92 Å². The van der Waals surface area contributed by atoms with Crippen LogP contribution in [-0.2, 0) is 11.2 Å². The summed E-state index contributed by atoms with van der Waals surface area (Å²) in [5.41, 5.74) is 8.11. The van der Waals surface area contributed by atoms with Gasteiger partial charge in [0.25, 0.3) is 0 Å². The highest BCUT2D eigenvalue weighted by atomic mass is 16.1. The fourth-order valence-corrected chi connectivity index (χ4v) is 1.55. The molecule has 1 amide bonds. The summed E-state index contributed by atoms with van der Waals surface area (Å²) in [6, 6.07) is 8.48. The Balaban J connectivity index is 2.19. The van der Waals surface area contributed by atoms with Crippen molar-refractivity contribution in [3.8, 4) is 0 Å². The third kappa shape index (κ3) is 6.07. The van der Waals surface area contributed by atoms with E-state index in [1.54, 1.807) is 0 Å². The molecule has 3 nitrogen and oxygen atoms in total. The van der Waals surface area contributed by atoms with Crippen LogP contribution in [0.4, 0.5) is 0 Å².